The number of ether oxygens (including phenoxy) is 1. The Bertz CT molecular complexity index is 315. The van der Waals surface area contributed by atoms with Crippen molar-refractivity contribution >= 4 is 29.9 Å². The van der Waals surface area contributed by atoms with Gasteiger partial charge in [0.1, 0.15) is 0 Å². The van der Waals surface area contributed by atoms with E-state index < -0.39 is 12.7 Å². The fourth-order valence-electron chi connectivity index (χ4n) is 2.16. The Morgan fingerprint density at radius 1 is 1.43 bits per heavy atom. The van der Waals surface area contributed by atoms with Crippen molar-refractivity contribution in [3.8, 4) is 0 Å². The van der Waals surface area contributed by atoms with Gasteiger partial charge in [0, 0.05) is 46.4 Å². The largest absolute Gasteiger partial charge is 0.401 e. The van der Waals surface area contributed by atoms with Gasteiger partial charge in [-0.3, -0.25) is 9.89 Å². The van der Waals surface area contributed by atoms with Crippen LogP contribution in [-0.2, 0) is 4.74 Å². The highest BCUT2D eigenvalue weighted by molar-refractivity contribution is 14.0. The number of likely N-dealkylation sites (tertiary alicyclic amines) is 1. The molecule has 5 nitrogen and oxygen atoms in total. The SMILES string of the molecule is CN=C(NCCCOC)NC1CCN(CC(F)(F)F)C1.I. The Kier molecular flexibility index (Phi) is 10.3. The van der Waals surface area contributed by atoms with Crippen molar-refractivity contribution in [2.45, 2.75) is 25.1 Å². The lowest BCUT2D eigenvalue weighted by Crippen LogP contribution is -2.45. The van der Waals surface area contributed by atoms with Gasteiger partial charge in [0.2, 0.25) is 0 Å². The van der Waals surface area contributed by atoms with Gasteiger partial charge in [0.25, 0.3) is 0 Å². The summed E-state index contributed by atoms with van der Waals surface area (Å²) in [5.74, 6) is 0.625. The van der Waals surface area contributed by atoms with E-state index in [1.807, 2.05) is 0 Å². The van der Waals surface area contributed by atoms with Gasteiger partial charge < -0.3 is 15.4 Å². The molecule has 9 heteroatoms. The van der Waals surface area contributed by atoms with E-state index >= 15 is 0 Å². The van der Waals surface area contributed by atoms with Crippen LogP contribution in [0.3, 0.4) is 0 Å². The summed E-state index contributed by atoms with van der Waals surface area (Å²) in [5.41, 5.74) is 0. The van der Waals surface area contributed by atoms with E-state index in [1.54, 1.807) is 14.2 Å². The maximum Gasteiger partial charge on any atom is 0.401 e. The maximum absolute atomic E-state index is 12.3. The predicted octanol–water partition coefficient (Wildman–Crippen LogP) is 1.44. The van der Waals surface area contributed by atoms with Gasteiger partial charge in [-0.15, -0.1) is 24.0 Å². The first kappa shape index (κ1) is 20.7. The van der Waals surface area contributed by atoms with Gasteiger partial charge in [0.05, 0.1) is 6.54 Å². The number of hydrogen-bond acceptors (Lipinski definition) is 3. The predicted molar refractivity (Wildman–Crippen MR) is 87.3 cm³/mol. The van der Waals surface area contributed by atoms with E-state index in [0.717, 1.165) is 6.42 Å². The van der Waals surface area contributed by atoms with E-state index in [1.165, 1.54) is 4.90 Å². The molecule has 0 saturated carbocycles. The van der Waals surface area contributed by atoms with Crippen LogP contribution < -0.4 is 10.6 Å². The lowest BCUT2D eigenvalue weighted by Gasteiger charge is -2.19. The highest BCUT2D eigenvalue weighted by Crippen LogP contribution is 2.19. The second kappa shape index (κ2) is 10.4. The molecule has 1 fully saturated rings. The minimum atomic E-state index is -4.13. The fraction of sp³-hybridized carbons (Fsp3) is 0.917. The van der Waals surface area contributed by atoms with E-state index in [9.17, 15) is 13.2 Å². The van der Waals surface area contributed by atoms with Crippen molar-refractivity contribution in [3.63, 3.8) is 0 Å². The first-order valence-electron chi connectivity index (χ1n) is 6.70. The average molecular weight is 424 g/mol. The molecule has 21 heavy (non-hydrogen) atoms. The van der Waals surface area contributed by atoms with Gasteiger partial charge in [-0.25, -0.2) is 0 Å². The Hall–Kier alpha value is -0.290. The van der Waals surface area contributed by atoms with Crippen LogP contribution in [0.1, 0.15) is 12.8 Å². The molecule has 1 rings (SSSR count). The third-order valence-corrected chi connectivity index (χ3v) is 3.06. The summed E-state index contributed by atoms with van der Waals surface area (Å²) in [6, 6.07) is 0.00553. The van der Waals surface area contributed by atoms with Gasteiger partial charge in [0.15, 0.2) is 5.96 Å². The van der Waals surface area contributed by atoms with Crippen LogP contribution in [0, 0.1) is 0 Å². The van der Waals surface area contributed by atoms with Crippen LogP contribution in [-0.4, -0.2) is 70.0 Å². The molecule has 0 aromatic rings. The summed E-state index contributed by atoms with van der Waals surface area (Å²) in [6.45, 7) is 1.38. The molecule has 0 radical (unpaired) electrons. The minimum Gasteiger partial charge on any atom is -0.385 e. The van der Waals surface area contributed by atoms with Gasteiger partial charge in [-0.2, -0.15) is 13.2 Å². The number of aliphatic imine (C=N–C) groups is 1. The number of methoxy groups -OCH3 is 1. The highest BCUT2D eigenvalue weighted by atomic mass is 127. The van der Waals surface area contributed by atoms with E-state index in [-0.39, 0.29) is 30.0 Å². The Labute approximate surface area is 140 Å². The number of halogens is 4. The lowest BCUT2D eigenvalue weighted by molar-refractivity contribution is -0.143. The van der Waals surface area contributed by atoms with Gasteiger partial charge >= 0.3 is 6.18 Å². The maximum atomic E-state index is 12.3. The normalized spacial score (nSPS) is 20.2. The molecule has 1 heterocycles. The number of alkyl halides is 3. The first-order valence-corrected chi connectivity index (χ1v) is 6.70. The summed E-state index contributed by atoms with van der Waals surface area (Å²) >= 11 is 0. The lowest BCUT2D eigenvalue weighted by atomic mass is 10.3. The van der Waals surface area contributed by atoms with E-state index in [4.69, 9.17) is 4.74 Å². The van der Waals surface area contributed by atoms with Crippen molar-refractivity contribution in [1.29, 1.82) is 0 Å². The van der Waals surface area contributed by atoms with Crippen LogP contribution >= 0.6 is 24.0 Å². The summed E-state index contributed by atoms with van der Waals surface area (Å²) in [6.07, 6.45) is -2.59. The monoisotopic (exact) mass is 424 g/mol. The van der Waals surface area contributed by atoms with Crippen molar-refractivity contribution in [1.82, 2.24) is 15.5 Å². The molecule has 2 N–H and O–H groups in total. The Balaban J connectivity index is 0.00000400. The second-order valence-corrected chi connectivity index (χ2v) is 4.83. The van der Waals surface area contributed by atoms with Crippen LogP contribution in [0.25, 0.3) is 0 Å². The van der Waals surface area contributed by atoms with E-state index in [2.05, 4.69) is 15.6 Å². The summed E-state index contributed by atoms with van der Waals surface area (Å²) in [5, 5.41) is 6.26. The van der Waals surface area contributed by atoms with Crippen LogP contribution in [0.2, 0.25) is 0 Å². The number of nitrogens with one attached hydrogen (secondary N) is 2. The molecule has 126 valence electrons. The standard InChI is InChI=1S/C12H23F3N4O.HI/c1-16-11(17-5-3-7-20-2)18-10-4-6-19(8-10)9-12(13,14)15;/h10H,3-9H2,1-2H3,(H2,16,17,18);1H. The third-order valence-electron chi connectivity index (χ3n) is 3.06. The van der Waals surface area contributed by atoms with Gasteiger partial charge in [-0.1, -0.05) is 0 Å². The third kappa shape index (κ3) is 9.35. The fourth-order valence-corrected chi connectivity index (χ4v) is 2.16. The average Bonchev–Trinajstić information content (AvgIpc) is 2.78. The zero-order valence-corrected chi connectivity index (χ0v) is 14.7. The van der Waals surface area contributed by atoms with Crippen LogP contribution in [0.4, 0.5) is 13.2 Å². The minimum absolute atomic E-state index is 0. The molecule has 1 unspecified atom stereocenters. The molecule has 0 aromatic heterocycles. The topological polar surface area (TPSA) is 48.9 Å². The van der Waals surface area contributed by atoms with Crippen molar-refractivity contribution in [3.05, 3.63) is 0 Å². The molecule has 0 amide bonds. The van der Waals surface area contributed by atoms with Crippen molar-refractivity contribution in [2.24, 2.45) is 4.99 Å². The zero-order chi connectivity index (χ0) is 15.0. The van der Waals surface area contributed by atoms with Crippen molar-refractivity contribution < 1.29 is 17.9 Å². The van der Waals surface area contributed by atoms with E-state index in [0.29, 0.717) is 38.6 Å². The first-order chi connectivity index (χ1) is 9.44. The Morgan fingerprint density at radius 3 is 2.71 bits per heavy atom. The molecule has 0 bridgehead atoms. The molecule has 1 atom stereocenters. The zero-order valence-electron chi connectivity index (χ0n) is 12.4. The summed E-state index contributed by atoms with van der Waals surface area (Å²) in [4.78, 5) is 5.47. The number of nitrogens with zero attached hydrogens (tertiary/aromatic N) is 2. The Morgan fingerprint density at radius 2 is 2.14 bits per heavy atom. The molecule has 1 aliphatic heterocycles. The summed E-state index contributed by atoms with van der Waals surface area (Å²) in [7, 11) is 3.29. The second-order valence-electron chi connectivity index (χ2n) is 4.83. The molecule has 0 spiro atoms. The molecular formula is C12H24F3IN4O. The van der Waals surface area contributed by atoms with Crippen molar-refractivity contribution in [2.75, 3.05) is 46.9 Å². The number of rotatable bonds is 6. The summed E-state index contributed by atoms with van der Waals surface area (Å²) < 4.78 is 41.8. The van der Waals surface area contributed by atoms with Gasteiger partial charge in [-0.05, 0) is 12.8 Å². The molecular weight excluding hydrogens is 400 g/mol. The highest BCUT2D eigenvalue weighted by Gasteiger charge is 2.34. The molecule has 1 aliphatic rings. The smallest absolute Gasteiger partial charge is 0.385 e. The molecule has 0 aromatic carbocycles. The van der Waals surface area contributed by atoms with Crippen LogP contribution in [0.15, 0.2) is 4.99 Å². The van der Waals surface area contributed by atoms with Crippen LogP contribution in [0.5, 0.6) is 0 Å². The molecule has 0 aliphatic carbocycles. The quantitative estimate of drug-likeness (QED) is 0.293. The number of hydrogen-bond donors (Lipinski definition) is 2. The number of guanidine groups is 1. The molecule has 1 saturated heterocycles.